The molecule has 1 heterocycles. The molecule has 1 aromatic carbocycles. The number of alkyl halides is 3. The van der Waals surface area contributed by atoms with Crippen LogP contribution in [-0.2, 0) is 24.5 Å². The normalized spacial score (nSPS) is 11.5. The van der Waals surface area contributed by atoms with E-state index in [-0.39, 0.29) is 24.6 Å². The average molecular weight is 330 g/mol. The Kier molecular flexibility index (Phi) is 5.43. The fourth-order valence-electron chi connectivity index (χ4n) is 1.90. The van der Waals surface area contributed by atoms with Gasteiger partial charge in [-0.25, -0.2) is 0 Å². The van der Waals surface area contributed by atoms with Gasteiger partial charge in [-0.15, -0.1) is 0 Å². The van der Waals surface area contributed by atoms with Gasteiger partial charge < -0.3 is 14.8 Å². The molecule has 0 saturated carbocycles. The molecule has 0 saturated heterocycles. The lowest BCUT2D eigenvalue weighted by molar-refractivity contribution is -0.137. The Morgan fingerprint density at radius 1 is 1.26 bits per heavy atom. The summed E-state index contributed by atoms with van der Waals surface area (Å²) in [5, 5.41) is 10.6. The Morgan fingerprint density at radius 2 is 2.04 bits per heavy atom. The lowest BCUT2D eigenvalue weighted by atomic mass is 10.1. The Labute approximate surface area is 131 Å². The number of hydrogen-bond donors (Lipinski definition) is 1. The van der Waals surface area contributed by atoms with Gasteiger partial charge in [0.2, 0.25) is 0 Å². The number of hydrogen-bond acceptors (Lipinski definition) is 5. The standard InChI is InChI=1S/C14H17F3N4O2/c1-21-19-9-10(20-21)8-18-13-4-3-11(23-6-5-22-2)7-12(13)14(15,16)17/h3-4,7,9,18H,5-6,8H2,1-2H3. The molecule has 23 heavy (non-hydrogen) atoms. The highest BCUT2D eigenvalue weighted by Crippen LogP contribution is 2.37. The van der Waals surface area contributed by atoms with Crippen LogP contribution < -0.4 is 10.1 Å². The number of ether oxygens (including phenoxy) is 2. The highest BCUT2D eigenvalue weighted by molar-refractivity contribution is 5.55. The van der Waals surface area contributed by atoms with Crippen molar-refractivity contribution in [2.45, 2.75) is 12.7 Å². The minimum Gasteiger partial charge on any atom is -0.491 e. The van der Waals surface area contributed by atoms with Gasteiger partial charge in [0.05, 0.1) is 24.9 Å². The van der Waals surface area contributed by atoms with E-state index in [0.717, 1.165) is 6.07 Å². The zero-order chi connectivity index (χ0) is 16.9. The first-order chi connectivity index (χ1) is 10.9. The summed E-state index contributed by atoms with van der Waals surface area (Å²) < 4.78 is 49.6. The first kappa shape index (κ1) is 17.1. The number of methoxy groups -OCH3 is 1. The topological polar surface area (TPSA) is 61.2 Å². The van der Waals surface area contributed by atoms with Gasteiger partial charge in [0.1, 0.15) is 18.1 Å². The van der Waals surface area contributed by atoms with Crippen molar-refractivity contribution in [2.24, 2.45) is 7.05 Å². The van der Waals surface area contributed by atoms with Gasteiger partial charge >= 0.3 is 6.18 Å². The van der Waals surface area contributed by atoms with Crippen molar-refractivity contribution in [1.29, 1.82) is 0 Å². The number of nitrogens with one attached hydrogen (secondary N) is 1. The van der Waals surface area contributed by atoms with Crippen molar-refractivity contribution in [3.05, 3.63) is 35.7 Å². The molecule has 0 fully saturated rings. The first-order valence-corrected chi connectivity index (χ1v) is 6.82. The van der Waals surface area contributed by atoms with E-state index in [1.165, 1.54) is 30.2 Å². The molecule has 126 valence electrons. The zero-order valence-corrected chi connectivity index (χ0v) is 12.7. The molecule has 1 aromatic heterocycles. The molecule has 0 radical (unpaired) electrons. The monoisotopic (exact) mass is 330 g/mol. The smallest absolute Gasteiger partial charge is 0.418 e. The van der Waals surface area contributed by atoms with Crippen LogP contribution in [-0.4, -0.2) is 35.3 Å². The molecule has 2 rings (SSSR count). The molecule has 6 nitrogen and oxygen atoms in total. The minimum atomic E-state index is -4.49. The van der Waals surface area contributed by atoms with E-state index in [2.05, 4.69) is 15.5 Å². The Hall–Kier alpha value is -2.29. The lowest BCUT2D eigenvalue weighted by Gasteiger charge is -2.16. The molecule has 0 aliphatic heterocycles. The largest absolute Gasteiger partial charge is 0.491 e. The molecule has 0 aliphatic rings. The van der Waals surface area contributed by atoms with Gasteiger partial charge in [0.15, 0.2) is 0 Å². The molecule has 0 unspecified atom stereocenters. The number of nitrogens with zero attached hydrogens (tertiary/aromatic N) is 3. The molecule has 0 atom stereocenters. The Bertz CT molecular complexity index is 643. The number of aromatic nitrogens is 3. The number of anilines is 1. The summed E-state index contributed by atoms with van der Waals surface area (Å²) in [7, 11) is 3.13. The van der Waals surface area contributed by atoms with E-state index in [9.17, 15) is 13.2 Å². The third kappa shape index (κ3) is 4.85. The molecule has 2 aromatic rings. The predicted octanol–water partition coefficient (Wildman–Crippen LogP) is 2.47. The van der Waals surface area contributed by atoms with E-state index in [1.807, 2.05) is 0 Å². The molecule has 0 bridgehead atoms. The molecule has 0 amide bonds. The van der Waals surface area contributed by atoms with Crippen LogP contribution in [0, 0.1) is 0 Å². The summed E-state index contributed by atoms with van der Waals surface area (Å²) in [6.45, 7) is 0.620. The maximum Gasteiger partial charge on any atom is 0.418 e. The first-order valence-electron chi connectivity index (χ1n) is 6.82. The summed E-state index contributed by atoms with van der Waals surface area (Å²) >= 11 is 0. The second-order valence-electron chi connectivity index (χ2n) is 4.73. The molecule has 9 heteroatoms. The van der Waals surface area contributed by atoms with E-state index < -0.39 is 11.7 Å². The molecular formula is C14H17F3N4O2. The molecule has 1 N–H and O–H groups in total. The highest BCUT2D eigenvalue weighted by Gasteiger charge is 2.34. The number of aryl methyl sites for hydroxylation is 1. The summed E-state index contributed by atoms with van der Waals surface area (Å²) in [6, 6.07) is 3.78. The predicted molar refractivity (Wildman–Crippen MR) is 77.1 cm³/mol. The van der Waals surface area contributed by atoms with Crippen molar-refractivity contribution in [3.63, 3.8) is 0 Å². The van der Waals surface area contributed by atoms with Gasteiger partial charge in [0, 0.05) is 19.8 Å². The SMILES string of the molecule is COCCOc1ccc(NCc2cnn(C)n2)c(C(F)(F)F)c1. The van der Waals surface area contributed by atoms with E-state index >= 15 is 0 Å². The quantitative estimate of drug-likeness (QED) is 0.790. The van der Waals surface area contributed by atoms with E-state index in [0.29, 0.717) is 12.3 Å². The van der Waals surface area contributed by atoms with Crippen LogP contribution >= 0.6 is 0 Å². The van der Waals surface area contributed by atoms with E-state index in [1.54, 1.807) is 7.05 Å². The van der Waals surface area contributed by atoms with Crippen molar-refractivity contribution in [1.82, 2.24) is 15.0 Å². The fourth-order valence-corrected chi connectivity index (χ4v) is 1.90. The van der Waals surface area contributed by atoms with Crippen molar-refractivity contribution in [3.8, 4) is 5.75 Å². The van der Waals surface area contributed by atoms with Crippen LogP contribution in [0.2, 0.25) is 0 Å². The van der Waals surface area contributed by atoms with Gasteiger partial charge in [-0.2, -0.15) is 28.2 Å². The number of halogens is 3. The third-order valence-electron chi connectivity index (χ3n) is 2.96. The maximum absolute atomic E-state index is 13.2. The minimum absolute atomic E-state index is 0.0396. The fraction of sp³-hybridized carbons (Fsp3) is 0.429. The van der Waals surface area contributed by atoms with Gasteiger partial charge in [-0.3, -0.25) is 0 Å². The molecular weight excluding hydrogens is 313 g/mol. The molecule has 0 spiro atoms. The zero-order valence-electron chi connectivity index (χ0n) is 12.7. The number of rotatable bonds is 7. The molecule has 0 aliphatic carbocycles. The maximum atomic E-state index is 13.2. The highest BCUT2D eigenvalue weighted by atomic mass is 19.4. The Balaban J connectivity index is 2.13. The second kappa shape index (κ2) is 7.32. The van der Waals surface area contributed by atoms with Crippen molar-refractivity contribution in [2.75, 3.05) is 25.6 Å². The van der Waals surface area contributed by atoms with Crippen molar-refractivity contribution >= 4 is 5.69 Å². The van der Waals surface area contributed by atoms with Crippen LogP contribution in [0.3, 0.4) is 0 Å². The van der Waals surface area contributed by atoms with E-state index in [4.69, 9.17) is 9.47 Å². The summed E-state index contributed by atoms with van der Waals surface area (Å²) in [6.07, 6.45) is -3.01. The van der Waals surface area contributed by atoms with Gasteiger partial charge in [0.25, 0.3) is 0 Å². The van der Waals surface area contributed by atoms with Gasteiger partial charge in [-0.1, -0.05) is 0 Å². The van der Waals surface area contributed by atoms with Crippen molar-refractivity contribution < 1.29 is 22.6 Å². The second-order valence-corrected chi connectivity index (χ2v) is 4.73. The summed E-state index contributed by atoms with van der Waals surface area (Å²) in [4.78, 5) is 1.34. The van der Waals surface area contributed by atoms with Crippen LogP contribution in [0.25, 0.3) is 0 Å². The van der Waals surface area contributed by atoms with Crippen LogP contribution in [0.5, 0.6) is 5.75 Å². The van der Waals surface area contributed by atoms with Crippen LogP contribution in [0.15, 0.2) is 24.4 Å². The third-order valence-corrected chi connectivity index (χ3v) is 2.96. The lowest BCUT2D eigenvalue weighted by Crippen LogP contribution is -2.12. The van der Waals surface area contributed by atoms with Crippen LogP contribution in [0.1, 0.15) is 11.3 Å². The Morgan fingerprint density at radius 3 is 2.65 bits per heavy atom. The number of benzene rings is 1. The van der Waals surface area contributed by atoms with Crippen LogP contribution in [0.4, 0.5) is 18.9 Å². The summed E-state index contributed by atoms with van der Waals surface area (Å²) in [5.74, 6) is 0.138. The van der Waals surface area contributed by atoms with Gasteiger partial charge in [-0.05, 0) is 18.2 Å². The average Bonchev–Trinajstić information content (AvgIpc) is 2.91. The summed E-state index contributed by atoms with van der Waals surface area (Å²) in [5.41, 5.74) is -0.292.